The lowest BCUT2D eigenvalue weighted by molar-refractivity contribution is 0.0997. The number of hydrogen-bond donors (Lipinski definition) is 2. The molecule has 0 saturated heterocycles. The number of nitrogens with zero attached hydrogens (tertiary/aromatic N) is 1. The molecule has 0 bridgehead atoms. The average Bonchev–Trinajstić information content (AvgIpc) is 2.85. The largest absolute Gasteiger partial charge is 0.366 e. The van der Waals surface area contributed by atoms with Gasteiger partial charge in [0, 0.05) is 34.8 Å². The Kier molecular flexibility index (Phi) is 6.92. The number of nitrogens with two attached hydrogens (primary N) is 1. The molecule has 0 saturated carbocycles. The first-order valence-electron chi connectivity index (χ1n) is 10.8. The molecule has 0 aliphatic carbocycles. The normalized spacial score (nSPS) is 11.2. The number of halogens is 1. The van der Waals surface area contributed by atoms with Crippen LogP contribution >= 0.6 is 11.6 Å². The van der Waals surface area contributed by atoms with Gasteiger partial charge in [-0.1, -0.05) is 29.8 Å². The van der Waals surface area contributed by atoms with Crippen LogP contribution in [0.1, 0.15) is 26.3 Å². The van der Waals surface area contributed by atoms with Crippen molar-refractivity contribution < 1.29 is 18.0 Å². The van der Waals surface area contributed by atoms with Crippen LogP contribution in [0.25, 0.3) is 22.4 Å². The summed E-state index contributed by atoms with van der Waals surface area (Å²) in [7, 11) is -3.56. The van der Waals surface area contributed by atoms with Crippen LogP contribution in [0.3, 0.4) is 0 Å². The first kappa shape index (κ1) is 25.1. The van der Waals surface area contributed by atoms with Crippen LogP contribution in [0.2, 0.25) is 5.02 Å². The summed E-state index contributed by atoms with van der Waals surface area (Å²) < 4.78 is 24.5. The van der Waals surface area contributed by atoms with Crippen molar-refractivity contribution in [2.24, 2.45) is 5.73 Å². The minimum Gasteiger partial charge on any atom is -0.366 e. The Bertz CT molecular complexity index is 1600. The standard InChI is InChI=1S/C27H22ClN3O4S/c1-16-6-7-17(13-21(16)26(29)32)22-15-19(36(2,34)35)9-10-20(22)27(33)31-18-8-11-24(28)23(14-18)25-5-3-4-12-30-25/h3-15H,1-2H3,(H2,29,32)(H,31,33). The lowest BCUT2D eigenvalue weighted by Crippen LogP contribution is -2.15. The number of anilines is 1. The fourth-order valence-electron chi connectivity index (χ4n) is 3.77. The van der Waals surface area contributed by atoms with Gasteiger partial charge < -0.3 is 11.1 Å². The van der Waals surface area contributed by atoms with Crippen molar-refractivity contribution in [2.75, 3.05) is 11.6 Å². The summed E-state index contributed by atoms with van der Waals surface area (Å²) in [5.41, 5.74) is 9.27. The molecule has 182 valence electrons. The Morgan fingerprint density at radius 3 is 2.36 bits per heavy atom. The molecule has 7 nitrogen and oxygen atoms in total. The third kappa shape index (κ3) is 5.30. The molecule has 0 aliphatic heterocycles. The van der Waals surface area contributed by atoms with Crippen molar-refractivity contribution in [3.05, 3.63) is 101 Å². The zero-order valence-electron chi connectivity index (χ0n) is 19.4. The lowest BCUT2D eigenvalue weighted by Gasteiger charge is -2.14. The maximum Gasteiger partial charge on any atom is 0.256 e. The summed E-state index contributed by atoms with van der Waals surface area (Å²) in [4.78, 5) is 29.6. The van der Waals surface area contributed by atoms with Gasteiger partial charge in [-0.25, -0.2) is 8.42 Å². The second-order valence-electron chi connectivity index (χ2n) is 8.24. The van der Waals surface area contributed by atoms with E-state index in [-0.39, 0.29) is 16.0 Å². The number of rotatable bonds is 6. The van der Waals surface area contributed by atoms with Crippen LogP contribution in [0.5, 0.6) is 0 Å². The van der Waals surface area contributed by atoms with Crippen molar-refractivity contribution in [2.45, 2.75) is 11.8 Å². The molecule has 0 aliphatic rings. The number of primary amides is 1. The molecule has 1 aromatic heterocycles. The van der Waals surface area contributed by atoms with Crippen LogP contribution in [0.15, 0.2) is 83.9 Å². The molecule has 0 fully saturated rings. The Morgan fingerprint density at radius 2 is 1.69 bits per heavy atom. The van der Waals surface area contributed by atoms with Gasteiger partial charge in [0.1, 0.15) is 0 Å². The van der Waals surface area contributed by atoms with E-state index >= 15 is 0 Å². The highest BCUT2D eigenvalue weighted by Crippen LogP contribution is 2.32. The number of carbonyl (C=O) groups excluding carboxylic acids is 2. The van der Waals surface area contributed by atoms with Crippen LogP contribution in [-0.2, 0) is 9.84 Å². The van der Waals surface area contributed by atoms with E-state index < -0.39 is 21.7 Å². The van der Waals surface area contributed by atoms with Crippen molar-refractivity contribution in [1.29, 1.82) is 0 Å². The maximum absolute atomic E-state index is 13.4. The fourth-order valence-corrected chi connectivity index (χ4v) is 4.63. The SMILES string of the molecule is Cc1ccc(-c2cc(S(C)(=O)=O)ccc2C(=O)Nc2ccc(Cl)c(-c3ccccn3)c2)cc1C(N)=O. The molecule has 4 aromatic rings. The fraction of sp³-hybridized carbons (Fsp3) is 0.0741. The van der Waals surface area contributed by atoms with Gasteiger partial charge in [0.2, 0.25) is 5.91 Å². The van der Waals surface area contributed by atoms with Gasteiger partial charge in [0.05, 0.1) is 15.6 Å². The monoisotopic (exact) mass is 519 g/mol. The smallest absolute Gasteiger partial charge is 0.256 e. The summed E-state index contributed by atoms with van der Waals surface area (Å²) in [6, 6.07) is 19.7. The Hall–Kier alpha value is -4.01. The number of aromatic nitrogens is 1. The molecule has 1 heterocycles. The van der Waals surface area contributed by atoms with Gasteiger partial charge >= 0.3 is 0 Å². The number of nitrogens with one attached hydrogen (secondary N) is 1. The van der Waals surface area contributed by atoms with E-state index in [4.69, 9.17) is 17.3 Å². The number of aryl methyl sites for hydroxylation is 1. The van der Waals surface area contributed by atoms with Gasteiger partial charge in [-0.3, -0.25) is 14.6 Å². The number of sulfone groups is 1. The quantitative estimate of drug-likeness (QED) is 0.366. The van der Waals surface area contributed by atoms with Gasteiger partial charge in [-0.15, -0.1) is 0 Å². The number of carbonyl (C=O) groups is 2. The number of hydrogen-bond acceptors (Lipinski definition) is 5. The van der Waals surface area contributed by atoms with E-state index in [0.717, 1.165) is 6.26 Å². The third-order valence-electron chi connectivity index (χ3n) is 5.64. The molecule has 0 radical (unpaired) electrons. The van der Waals surface area contributed by atoms with E-state index in [1.54, 1.807) is 55.6 Å². The predicted octanol–water partition coefficient (Wildman–Crippen LogP) is 5.13. The summed E-state index contributed by atoms with van der Waals surface area (Å²) in [5, 5.41) is 3.32. The van der Waals surface area contributed by atoms with E-state index in [2.05, 4.69) is 10.3 Å². The molecule has 0 spiro atoms. The second-order valence-corrected chi connectivity index (χ2v) is 10.7. The molecular formula is C27H22ClN3O4S. The molecule has 9 heteroatoms. The summed E-state index contributed by atoms with van der Waals surface area (Å²) >= 11 is 6.36. The van der Waals surface area contributed by atoms with Gasteiger partial charge in [-0.05, 0) is 78.2 Å². The van der Waals surface area contributed by atoms with E-state index in [9.17, 15) is 18.0 Å². The van der Waals surface area contributed by atoms with E-state index in [1.165, 1.54) is 18.2 Å². The highest BCUT2D eigenvalue weighted by Gasteiger charge is 2.19. The zero-order valence-corrected chi connectivity index (χ0v) is 21.0. The molecule has 3 aromatic carbocycles. The van der Waals surface area contributed by atoms with Gasteiger partial charge in [0.15, 0.2) is 9.84 Å². The molecular weight excluding hydrogens is 498 g/mol. The number of benzene rings is 3. The van der Waals surface area contributed by atoms with Crippen molar-refractivity contribution in [3.63, 3.8) is 0 Å². The Labute approximate surface area is 213 Å². The van der Waals surface area contributed by atoms with Crippen LogP contribution in [0, 0.1) is 6.92 Å². The molecule has 4 rings (SSSR count). The van der Waals surface area contributed by atoms with Crippen molar-refractivity contribution in [3.8, 4) is 22.4 Å². The first-order chi connectivity index (χ1) is 17.0. The Balaban J connectivity index is 1.79. The van der Waals surface area contributed by atoms with Gasteiger partial charge in [0.25, 0.3) is 5.91 Å². The van der Waals surface area contributed by atoms with Crippen LogP contribution < -0.4 is 11.1 Å². The van der Waals surface area contributed by atoms with Crippen molar-refractivity contribution >= 4 is 38.9 Å². The molecule has 2 amide bonds. The minimum absolute atomic E-state index is 0.0409. The summed E-state index contributed by atoms with van der Waals surface area (Å²) in [6.45, 7) is 1.74. The summed E-state index contributed by atoms with van der Waals surface area (Å²) in [5.74, 6) is -1.09. The number of amides is 2. The van der Waals surface area contributed by atoms with Crippen LogP contribution in [0.4, 0.5) is 5.69 Å². The van der Waals surface area contributed by atoms with Crippen LogP contribution in [-0.4, -0.2) is 31.5 Å². The average molecular weight is 520 g/mol. The molecule has 3 N–H and O–H groups in total. The molecule has 0 unspecified atom stereocenters. The first-order valence-corrected chi connectivity index (χ1v) is 13.1. The lowest BCUT2D eigenvalue weighted by atomic mass is 9.95. The number of pyridine rings is 1. The van der Waals surface area contributed by atoms with Crippen molar-refractivity contribution in [1.82, 2.24) is 4.98 Å². The zero-order chi connectivity index (χ0) is 26.0. The minimum atomic E-state index is -3.56. The summed E-state index contributed by atoms with van der Waals surface area (Å²) in [6.07, 6.45) is 2.73. The third-order valence-corrected chi connectivity index (χ3v) is 7.08. The highest BCUT2D eigenvalue weighted by molar-refractivity contribution is 7.90. The topological polar surface area (TPSA) is 119 Å². The van der Waals surface area contributed by atoms with E-state index in [1.807, 2.05) is 12.1 Å². The van der Waals surface area contributed by atoms with Gasteiger partial charge in [-0.2, -0.15) is 0 Å². The maximum atomic E-state index is 13.4. The molecule has 36 heavy (non-hydrogen) atoms. The molecule has 0 atom stereocenters. The Morgan fingerprint density at radius 1 is 0.917 bits per heavy atom. The van der Waals surface area contributed by atoms with E-state index in [0.29, 0.717) is 38.7 Å². The predicted molar refractivity (Wildman–Crippen MR) is 141 cm³/mol. The second kappa shape index (κ2) is 9.93. The highest BCUT2D eigenvalue weighted by atomic mass is 35.5.